The summed E-state index contributed by atoms with van der Waals surface area (Å²) in [6, 6.07) is 4.78. The number of amides is 2. The van der Waals surface area contributed by atoms with Crippen molar-refractivity contribution >= 4 is 47.0 Å². The minimum atomic E-state index is -3.10. The molecule has 2 aromatic rings. The molecular formula is C23H29ClF2N4O6S. The van der Waals surface area contributed by atoms with E-state index in [1.54, 1.807) is 19.9 Å². The molecule has 0 aliphatic rings. The van der Waals surface area contributed by atoms with Crippen LogP contribution in [0.25, 0.3) is 0 Å². The smallest absolute Gasteiger partial charge is 0.421 e. The molecule has 0 saturated heterocycles. The van der Waals surface area contributed by atoms with Crippen LogP contribution in [-0.2, 0) is 20.8 Å². The van der Waals surface area contributed by atoms with Crippen LogP contribution in [0, 0.1) is 0 Å². The van der Waals surface area contributed by atoms with Crippen molar-refractivity contribution in [2.24, 2.45) is 0 Å². The van der Waals surface area contributed by atoms with E-state index in [0.717, 1.165) is 0 Å². The number of benzene rings is 1. The van der Waals surface area contributed by atoms with Crippen LogP contribution in [0.2, 0.25) is 5.02 Å². The van der Waals surface area contributed by atoms with Gasteiger partial charge in [-0.3, -0.25) is 10.2 Å². The van der Waals surface area contributed by atoms with Crippen molar-refractivity contribution in [3.05, 3.63) is 46.7 Å². The third-order valence-corrected chi connectivity index (χ3v) is 5.80. The summed E-state index contributed by atoms with van der Waals surface area (Å²) in [4.78, 5) is 42.2. The van der Waals surface area contributed by atoms with Crippen LogP contribution < -0.4 is 20.5 Å². The number of hydrogen-bond donors (Lipinski definition) is 3. The van der Waals surface area contributed by atoms with Crippen LogP contribution in [0.3, 0.4) is 0 Å². The lowest BCUT2D eigenvalue weighted by molar-refractivity contribution is -0.121. The van der Waals surface area contributed by atoms with E-state index in [-0.39, 0.29) is 41.9 Å². The predicted octanol–water partition coefficient (Wildman–Crippen LogP) is 4.35. The third kappa shape index (κ3) is 9.09. The minimum Gasteiger partial charge on any atom is -0.461 e. The molecule has 0 aliphatic heterocycles. The molecule has 3 N–H and O–H groups in total. The highest BCUT2D eigenvalue weighted by atomic mass is 35.5. The number of aromatic nitrogens is 1. The van der Waals surface area contributed by atoms with Crippen molar-refractivity contribution in [3.8, 4) is 5.75 Å². The summed E-state index contributed by atoms with van der Waals surface area (Å²) in [5, 5.41) is -0.0334. The lowest BCUT2D eigenvalue weighted by atomic mass is 10.1. The van der Waals surface area contributed by atoms with E-state index in [2.05, 4.69) is 20.6 Å². The largest absolute Gasteiger partial charge is 0.461 e. The highest BCUT2D eigenvalue weighted by Gasteiger charge is 2.30. The molecule has 204 valence electrons. The normalized spacial score (nSPS) is 11.6. The quantitative estimate of drug-likeness (QED) is 0.229. The van der Waals surface area contributed by atoms with Gasteiger partial charge in [-0.2, -0.15) is 20.5 Å². The van der Waals surface area contributed by atoms with Gasteiger partial charge in [-0.05, 0) is 56.0 Å². The van der Waals surface area contributed by atoms with Crippen molar-refractivity contribution in [2.75, 3.05) is 30.1 Å². The highest BCUT2D eigenvalue weighted by molar-refractivity contribution is 7.98. The molecule has 0 saturated carbocycles. The third-order valence-electron chi connectivity index (χ3n) is 4.85. The lowest BCUT2D eigenvalue weighted by Gasteiger charge is -2.28. The number of ether oxygens (including phenoxy) is 3. The minimum absolute atomic E-state index is 0.0233. The van der Waals surface area contributed by atoms with Gasteiger partial charge in [-0.15, -0.1) is 0 Å². The first-order valence-corrected chi connectivity index (χ1v) is 13.0. The number of hydrogen-bond acceptors (Lipinski definition) is 8. The Balaban J connectivity index is 2.46. The molecule has 1 atom stereocenters. The summed E-state index contributed by atoms with van der Waals surface area (Å²) < 4.78 is 40.1. The van der Waals surface area contributed by atoms with Gasteiger partial charge < -0.3 is 24.1 Å². The Morgan fingerprint density at radius 2 is 1.89 bits per heavy atom. The van der Waals surface area contributed by atoms with Crippen molar-refractivity contribution in [3.63, 3.8) is 0 Å². The zero-order valence-corrected chi connectivity index (χ0v) is 22.1. The fraction of sp³-hybridized carbons (Fsp3) is 0.435. The van der Waals surface area contributed by atoms with Gasteiger partial charge in [0.05, 0.1) is 30.5 Å². The van der Waals surface area contributed by atoms with Gasteiger partial charge in [0.25, 0.3) is 0 Å². The monoisotopic (exact) mass is 562 g/mol. The average Bonchev–Trinajstić information content (AvgIpc) is 3.34. The van der Waals surface area contributed by atoms with E-state index >= 15 is 0 Å². The summed E-state index contributed by atoms with van der Waals surface area (Å²) in [6.07, 6.45) is 2.87. The molecule has 2 amide bonds. The van der Waals surface area contributed by atoms with Crippen LogP contribution in [0.4, 0.5) is 19.3 Å². The second-order valence-electron chi connectivity index (χ2n) is 7.35. The number of carbonyl (C=O) groups excluding carboxylic acids is 3. The lowest BCUT2D eigenvalue weighted by Crippen LogP contribution is -2.53. The van der Waals surface area contributed by atoms with E-state index in [1.165, 1.54) is 41.1 Å². The average molecular weight is 563 g/mol. The molecule has 0 radical (unpaired) electrons. The van der Waals surface area contributed by atoms with Gasteiger partial charge in [0.1, 0.15) is 17.5 Å². The Hall–Kier alpha value is -3.03. The molecule has 10 nitrogen and oxygen atoms in total. The molecular weight excluding hydrogens is 534 g/mol. The van der Waals surface area contributed by atoms with Gasteiger partial charge >= 0.3 is 18.7 Å². The fourth-order valence-corrected chi connectivity index (χ4v) is 3.88. The van der Waals surface area contributed by atoms with E-state index in [1.807, 2.05) is 6.26 Å². The number of alkyl halides is 2. The second-order valence-corrected chi connectivity index (χ2v) is 8.74. The first-order chi connectivity index (χ1) is 17.7. The zero-order chi connectivity index (χ0) is 27.4. The number of hydrazine groups is 1. The molecule has 0 unspecified atom stereocenters. The Morgan fingerprint density at radius 3 is 2.54 bits per heavy atom. The fourth-order valence-electron chi connectivity index (χ4n) is 3.24. The zero-order valence-electron chi connectivity index (χ0n) is 20.5. The number of H-pyrrole nitrogens is 1. The topological polar surface area (TPSA) is 122 Å². The number of nitrogens with zero attached hydrogens (tertiary/aromatic N) is 1. The number of rotatable bonds is 14. The number of thioether (sulfide) groups is 1. The molecule has 14 heteroatoms. The number of aromatic amines is 1. The van der Waals surface area contributed by atoms with Crippen LogP contribution in [-0.4, -0.2) is 60.8 Å². The SMILES string of the molecule is CCOC(=O)NN[C@@H](CCSC)C(=O)N(Cc1ccc(Cl)c(OC(F)F)c1)c1cc[nH]c1C(=O)OCC. The Bertz CT molecular complexity index is 1060. The number of anilines is 1. The van der Waals surface area contributed by atoms with E-state index in [9.17, 15) is 23.2 Å². The summed E-state index contributed by atoms with van der Waals surface area (Å²) in [5.41, 5.74) is 5.65. The number of nitrogens with one attached hydrogen (secondary N) is 3. The van der Waals surface area contributed by atoms with Gasteiger partial charge in [-0.25, -0.2) is 15.0 Å². The van der Waals surface area contributed by atoms with Gasteiger partial charge in [-0.1, -0.05) is 17.7 Å². The van der Waals surface area contributed by atoms with Crippen LogP contribution in [0.1, 0.15) is 36.3 Å². The first kappa shape index (κ1) is 30.2. The van der Waals surface area contributed by atoms with Crippen molar-refractivity contribution in [1.82, 2.24) is 15.8 Å². The summed E-state index contributed by atoms with van der Waals surface area (Å²) in [5.74, 6) is -0.895. The summed E-state index contributed by atoms with van der Waals surface area (Å²) >= 11 is 7.47. The maximum Gasteiger partial charge on any atom is 0.421 e. The first-order valence-electron chi connectivity index (χ1n) is 11.3. The van der Waals surface area contributed by atoms with E-state index < -0.39 is 30.6 Å². The van der Waals surface area contributed by atoms with E-state index in [4.69, 9.17) is 21.1 Å². The Labute approximate surface area is 222 Å². The number of carbonyl (C=O) groups is 3. The molecule has 0 bridgehead atoms. The van der Waals surface area contributed by atoms with Crippen LogP contribution >= 0.6 is 23.4 Å². The van der Waals surface area contributed by atoms with Crippen molar-refractivity contribution < 1.29 is 37.4 Å². The molecule has 0 spiro atoms. The maximum atomic E-state index is 13.8. The van der Waals surface area contributed by atoms with Gasteiger partial charge in [0.2, 0.25) is 5.91 Å². The molecule has 1 heterocycles. The van der Waals surface area contributed by atoms with Crippen molar-refractivity contribution in [2.45, 2.75) is 39.5 Å². The number of halogens is 3. The Kier molecular flexibility index (Phi) is 12.5. The standard InChI is InChI=1S/C23H29ClF2N4O6S/c1-4-34-21(32)19-17(8-10-27-19)30(13-14-6-7-15(24)18(12-14)36-22(25)26)20(31)16(9-11-37-3)28-29-23(33)35-5-2/h6-8,10,12,16,22,27-28H,4-5,9,11,13H2,1-3H3,(H,29,33)/t16-/m0/s1. The maximum absolute atomic E-state index is 13.8. The molecule has 0 aliphatic carbocycles. The highest BCUT2D eigenvalue weighted by Crippen LogP contribution is 2.30. The Morgan fingerprint density at radius 1 is 1.16 bits per heavy atom. The second kappa shape index (κ2) is 15.3. The van der Waals surface area contributed by atoms with Gasteiger partial charge in [0, 0.05) is 6.20 Å². The summed E-state index contributed by atoms with van der Waals surface area (Å²) in [7, 11) is 0. The van der Waals surface area contributed by atoms with Gasteiger partial charge in [0.15, 0.2) is 0 Å². The predicted molar refractivity (Wildman–Crippen MR) is 136 cm³/mol. The number of esters is 1. The summed E-state index contributed by atoms with van der Waals surface area (Å²) in [6.45, 7) is 0.285. The molecule has 1 aromatic carbocycles. The molecule has 37 heavy (non-hydrogen) atoms. The molecule has 1 aromatic heterocycles. The van der Waals surface area contributed by atoms with Crippen molar-refractivity contribution in [1.29, 1.82) is 0 Å². The van der Waals surface area contributed by atoms with Crippen LogP contribution in [0.15, 0.2) is 30.5 Å². The van der Waals surface area contributed by atoms with E-state index in [0.29, 0.717) is 17.7 Å². The van der Waals surface area contributed by atoms with Crippen LogP contribution in [0.5, 0.6) is 5.75 Å². The molecule has 2 rings (SSSR count). The molecule has 0 fully saturated rings.